The number of nitrogens with one attached hydrogen (secondary N) is 1. The molecule has 0 radical (unpaired) electrons. The highest BCUT2D eigenvalue weighted by molar-refractivity contribution is 7.89. The second-order valence-electron chi connectivity index (χ2n) is 9.79. The Kier molecular flexibility index (Phi) is 7.45. The van der Waals surface area contributed by atoms with Crippen LogP contribution in [0.1, 0.15) is 59.9 Å². The summed E-state index contributed by atoms with van der Waals surface area (Å²) in [5.41, 5.74) is 2.69. The third-order valence-corrected chi connectivity index (χ3v) is 9.38. The third-order valence-electron chi connectivity index (χ3n) is 7.32. The van der Waals surface area contributed by atoms with E-state index in [1.165, 1.54) is 35.0 Å². The minimum Gasteiger partial charge on any atom is -0.355 e. The molecular weight excluding hydrogens is 512 g/mol. The van der Waals surface area contributed by atoms with E-state index in [1.807, 2.05) is 12.1 Å². The topological polar surface area (TPSA) is 92.5 Å². The number of fused-ring (bicyclic) bond motifs is 1. The molecule has 0 saturated carbocycles. The lowest BCUT2D eigenvalue weighted by Gasteiger charge is -2.32. The Labute approximate surface area is 220 Å². The fraction of sp³-hybridized carbons (Fsp3) is 0.357. The Balaban J connectivity index is 1.26. The first kappa shape index (κ1) is 26.2. The molecule has 1 atom stereocenters. The standard InChI is InChI=1S/C28H29F2N3O4S/c1-18-27(26(37-32-18)12-10-20-9-11-22(29)17-24(20)30)38(35,36)33-15-13-21(14-16-33)28(34)31-25-8-4-6-19-5-2-3-7-23(19)25/h2-3,5,7,9-12,17,21,25H,4,6,8,13-16H2,1H3,(H,31,34). The van der Waals surface area contributed by atoms with E-state index in [0.29, 0.717) is 12.8 Å². The molecule has 1 aliphatic carbocycles. The third kappa shape index (κ3) is 5.28. The maximum atomic E-state index is 14.0. The number of carbonyl (C=O) groups excluding carboxylic acids is 1. The summed E-state index contributed by atoms with van der Waals surface area (Å²) in [4.78, 5) is 13.0. The summed E-state index contributed by atoms with van der Waals surface area (Å²) in [6, 6.07) is 11.2. The molecule has 200 valence electrons. The lowest BCUT2D eigenvalue weighted by molar-refractivity contribution is -0.127. The van der Waals surface area contributed by atoms with E-state index in [0.717, 1.165) is 37.0 Å². The van der Waals surface area contributed by atoms with Crippen LogP contribution in [0, 0.1) is 24.5 Å². The first-order valence-corrected chi connectivity index (χ1v) is 14.2. The summed E-state index contributed by atoms with van der Waals surface area (Å²) < 4.78 is 60.8. The first-order valence-electron chi connectivity index (χ1n) is 12.7. The van der Waals surface area contributed by atoms with E-state index >= 15 is 0 Å². The van der Waals surface area contributed by atoms with Gasteiger partial charge in [0.05, 0.1) is 6.04 Å². The maximum absolute atomic E-state index is 14.0. The van der Waals surface area contributed by atoms with Crippen LogP contribution in [0.3, 0.4) is 0 Å². The van der Waals surface area contributed by atoms with Crippen molar-refractivity contribution in [2.24, 2.45) is 5.92 Å². The van der Waals surface area contributed by atoms with Gasteiger partial charge in [0.2, 0.25) is 15.9 Å². The van der Waals surface area contributed by atoms with E-state index in [4.69, 9.17) is 4.52 Å². The van der Waals surface area contributed by atoms with Crippen LogP contribution in [0.15, 0.2) is 51.9 Å². The van der Waals surface area contributed by atoms with Crippen molar-refractivity contribution in [3.8, 4) is 0 Å². The molecule has 1 N–H and O–H groups in total. The second-order valence-corrected chi connectivity index (χ2v) is 11.7. The molecule has 2 aromatic carbocycles. The van der Waals surface area contributed by atoms with Gasteiger partial charge in [-0.05, 0) is 74.4 Å². The van der Waals surface area contributed by atoms with Crippen molar-refractivity contribution in [1.29, 1.82) is 0 Å². The Morgan fingerprint density at radius 3 is 2.63 bits per heavy atom. The van der Waals surface area contributed by atoms with Crippen LogP contribution in [0.4, 0.5) is 8.78 Å². The number of benzene rings is 2. The fourth-order valence-corrected chi connectivity index (χ4v) is 7.00. The lowest BCUT2D eigenvalue weighted by Crippen LogP contribution is -2.44. The number of aromatic nitrogens is 1. The molecule has 1 fully saturated rings. The van der Waals surface area contributed by atoms with Gasteiger partial charge in [0.25, 0.3) is 0 Å². The highest BCUT2D eigenvalue weighted by Gasteiger charge is 2.36. The average Bonchev–Trinajstić information content (AvgIpc) is 3.29. The van der Waals surface area contributed by atoms with Crippen LogP contribution >= 0.6 is 0 Å². The molecule has 1 amide bonds. The number of halogens is 2. The maximum Gasteiger partial charge on any atom is 0.248 e. The van der Waals surface area contributed by atoms with Gasteiger partial charge in [0.15, 0.2) is 10.7 Å². The van der Waals surface area contributed by atoms with Crippen LogP contribution in [-0.2, 0) is 21.2 Å². The zero-order valence-corrected chi connectivity index (χ0v) is 21.8. The van der Waals surface area contributed by atoms with Crippen LogP contribution in [0.25, 0.3) is 12.2 Å². The molecule has 10 heteroatoms. The number of carbonyl (C=O) groups is 1. The van der Waals surface area contributed by atoms with Gasteiger partial charge in [0, 0.05) is 30.6 Å². The number of nitrogens with zero attached hydrogens (tertiary/aromatic N) is 2. The Bertz CT molecular complexity index is 1480. The summed E-state index contributed by atoms with van der Waals surface area (Å²) in [6.45, 7) is 1.89. The summed E-state index contributed by atoms with van der Waals surface area (Å²) in [6.07, 6.45) is 6.34. The predicted molar refractivity (Wildman–Crippen MR) is 138 cm³/mol. The summed E-state index contributed by atoms with van der Waals surface area (Å²) >= 11 is 0. The zero-order valence-electron chi connectivity index (χ0n) is 21.0. The van der Waals surface area contributed by atoms with Gasteiger partial charge >= 0.3 is 0 Å². The van der Waals surface area contributed by atoms with Crippen LogP contribution in [0.5, 0.6) is 0 Å². The summed E-state index contributed by atoms with van der Waals surface area (Å²) in [7, 11) is -3.98. The Morgan fingerprint density at radius 2 is 1.87 bits per heavy atom. The van der Waals surface area contributed by atoms with Gasteiger partial charge in [-0.15, -0.1) is 0 Å². The van der Waals surface area contributed by atoms with Crippen LogP contribution in [-0.4, -0.2) is 36.9 Å². The van der Waals surface area contributed by atoms with Gasteiger partial charge in [0.1, 0.15) is 17.3 Å². The van der Waals surface area contributed by atoms with Gasteiger partial charge in [-0.25, -0.2) is 17.2 Å². The molecule has 1 unspecified atom stereocenters. The van der Waals surface area contributed by atoms with E-state index in [9.17, 15) is 22.0 Å². The van der Waals surface area contributed by atoms with Gasteiger partial charge < -0.3 is 9.84 Å². The number of sulfonamides is 1. The zero-order chi connectivity index (χ0) is 26.9. The van der Waals surface area contributed by atoms with Crippen molar-refractivity contribution in [3.63, 3.8) is 0 Å². The first-order chi connectivity index (χ1) is 18.2. The Morgan fingerprint density at radius 1 is 1.11 bits per heavy atom. The van der Waals surface area contributed by atoms with Gasteiger partial charge in [-0.3, -0.25) is 4.79 Å². The van der Waals surface area contributed by atoms with Crippen molar-refractivity contribution >= 4 is 28.1 Å². The highest BCUT2D eigenvalue weighted by atomic mass is 32.2. The van der Waals surface area contributed by atoms with Crippen LogP contribution < -0.4 is 5.32 Å². The summed E-state index contributed by atoms with van der Waals surface area (Å²) in [5.74, 6) is -1.85. The molecule has 38 heavy (non-hydrogen) atoms. The monoisotopic (exact) mass is 541 g/mol. The van der Waals surface area contributed by atoms with E-state index in [-0.39, 0.29) is 52.9 Å². The molecule has 0 spiro atoms. The Hall–Kier alpha value is -3.37. The van der Waals surface area contributed by atoms with E-state index < -0.39 is 21.7 Å². The minimum absolute atomic E-state index is 0.0193. The molecule has 7 nitrogen and oxygen atoms in total. The van der Waals surface area contributed by atoms with Crippen molar-refractivity contribution in [1.82, 2.24) is 14.8 Å². The van der Waals surface area contributed by atoms with E-state index in [2.05, 4.69) is 22.6 Å². The molecule has 1 saturated heterocycles. The molecule has 1 aliphatic heterocycles. The van der Waals surface area contributed by atoms with Gasteiger partial charge in [-0.2, -0.15) is 4.31 Å². The number of hydrogen-bond donors (Lipinski definition) is 1. The van der Waals surface area contributed by atoms with Crippen molar-refractivity contribution in [2.75, 3.05) is 13.1 Å². The predicted octanol–water partition coefficient (Wildman–Crippen LogP) is 5.03. The summed E-state index contributed by atoms with van der Waals surface area (Å²) in [5, 5.41) is 6.99. The number of hydrogen-bond acceptors (Lipinski definition) is 5. The SMILES string of the molecule is Cc1noc(C=Cc2ccc(F)cc2F)c1S(=O)(=O)N1CCC(C(=O)NC2CCCc3ccccc32)CC1. The normalized spacial score (nSPS) is 19.0. The largest absolute Gasteiger partial charge is 0.355 e. The minimum atomic E-state index is -3.98. The number of piperidine rings is 1. The smallest absolute Gasteiger partial charge is 0.248 e. The number of rotatable bonds is 6. The van der Waals surface area contributed by atoms with Crippen LogP contribution in [0.2, 0.25) is 0 Å². The number of amides is 1. The lowest BCUT2D eigenvalue weighted by atomic mass is 9.87. The molecule has 3 aromatic rings. The molecule has 2 aliphatic rings. The molecule has 2 heterocycles. The highest BCUT2D eigenvalue weighted by Crippen LogP contribution is 2.32. The average molecular weight is 542 g/mol. The molecule has 5 rings (SSSR count). The number of aryl methyl sites for hydroxylation is 2. The van der Waals surface area contributed by atoms with Crippen molar-refractivity contribution in [3.05, 3.63) is 82.2 Å². The molecular formula is C28H29F2N3O4S. The van der Waals surface area contributed by atoms with Crippen molar-refractivity contribution < 1.29 is 26.5 Å². The van der Waals surface area contributed by atoms with Crippen molar-refractivity contribution in [2.45, 2.75) is 50.0 Å². The van der Waals surface area contributed by atoms with Gasteiger partial charge in [-0.1, -0.05) is 29.4 Å². The molecule has 0 bridgehead atoms. The molecule has 1 aromatic heterocycles. The van der Waals surface area contributed by atoms with E-state index in [1.54, 1.807) is 0 Å². The quantitative estimate of drug-likeness (QED) is 0.473. The fourth-order valence-electron chi connectivity index (χ4n) is 5.28. The second kappa shape index (κ2) is 10.8.